The Morgan fingerprint density at radius 2 is 1.83 bits per heavy atom. The lowest BCUT2D eigenvalue weighted by atomic mass is 9.97. The molecule has 2 aromatic carbocycles. The number of halogens is 1. The number of amidine groups is 1. The first-order valence-corrected chi connectivity index (χ1v) is 12.2. The van der Waals surface area contributed by atoms with Crippen molar-refractivity contribution in [3.05, 3.63) is 66.1 Å². The number of nitrogens with zero attached hydrogens (tertiary/aromatic N) is 4. The number of aromatic nitrogens is 1. The summed E-state index contributed by atoms with van der Waals surface area (Å²) in [5.41, 5.74) is 1.83. The average molecular weight is 471 g/mol. The maximum absolute atomic E-state index is 15.5. The molecule has 178 valence electrons. The van der Waals surface area contributed by atoms with Crippen LogP contribution in [0.2, 0.25) is 0 Å². The number of carbonyl (C=O) groups excluding carboxylic acids is 2. The third-order valence-electron chi connectivity index (χ3n) is 7.20. The summed E-state index contributed by atoms with van der Waals surface area (Å²) in [4.78, 5) is 37.9. The van der Waals surface area contributed by atoms with E-state index in [1.54, 1.807) is 31.0 Å². The minimum absolute atomic E-state index is 0.136. The maximum atomic E-state index is 15.5. The largest absolute Gasteiger partial charge is 0.342 e. The van der Waals surface area contributed by atoms with Crippen LogP contribution in [0, 0.1) is 17.7 Å². The van der Waals surface area contributed by atoms with E-state index in [0.717, 1.165) is 34.9 Å². The molecule has 1 aliphatic carbocycles. The molecule has 1 saturated heterocycles. The van der Waals surface area contributed by atoms with Crippen LogP contribution >= 0.6 is 0 Å². The SMILES string of the molecule is CC1(C)N=C(c2ccc(-c3ccc4cccnc4c3)cc2F)N(CC2CN(C(=O)C3CC3)C2)C1=O. The number of carbonyl (C=O) groups is 2. The quantitative estimate of drug-likeness (QED) is 0.559. The molecule has 6 rings (SSSR count). The molecule has 0 spiro atoms. The van der Waals surface area contributed by atoms with Crippen LogP contribution in [0.25, 0.3) is 22.0 Å². The average Bonchev–Trinajstić information content (AvgIpc) is 3.64. The van der Waals surface area contributed by atoms with Gasteiger partial charge in [0.2, 0.25) is 5.91 Å². The van der Waals surface area contributed by atoms with E-state index in [2.05, 4.69) is 9.98 Å². The third-order valence-corrected chi connectivity index (χ3v) is 7.20. The van der Waals surface area contributed by atoms with Gasteiger partial charge in [0, 0.05) is 43.1 Å². The Hall–Kier alpha value is -3.61. The summed E-state index contributed by atoms with van der Waals surface area (Å²) in [6, 6.07) is 14.8. The first-order chi connectivity index (χ1) is 16.8. The molecular formula is C28H27FN4O2. The minimum atomic E-state index is -0.947. The van der Waals surface area contributed by atoms with Gasteiger partial charge >= 0.3 is 0 Å². The van der Waals surface area contributed by atoms with Gasteiger partial charge in [-0.1, -0.05) is 24.3 Å². The van der Waals surface area contributed by atoms with Crippen LogP contribution in [0.4, 0.5) is 4.39 Å². The van der Waals surface area contributed by atoms with Gasteiger partial charge in [-0.05, 0) is 62.1 Å². The highest BCUT2D eigenvalue weighted by atomic mass is 19.1. The van der Waals surface area contributed by atoms with Crippen molar-refractivity contribution in [1.29, 1.82) is 0 Å². The fourth-order valence-electron chi connectivity index (χ4n) is 5.01. The molecule has 3 aromatic rings. The zero-order valence-electron chi connectivity index (χ0n) is 19.9. The number of benzene rings is 2. The Bertz CT molecular complexity index is 1390. The van der Waals surface area contributed by atoms with Crippen molar-refractivity contribution < 1.29 is 14.0 Å². The summed E-state index contributed by atoms with van der Waals surface area (Å²) in [6.07, 6.45) is 3.71. The van der Waals surface area contributed by atoms with Crippen molar-refractivity contribution in [3.8, 4) is 11.1 Å². The van der Waals surface area contributed by atoms with E-state index in [-0.39, 0.29) is 23.7 Å². The lowest BCUT2D eigenvalue weighted by molar-refractivity contribution is -0.140. The molecule has 2 amide bonds. The van der Waals surface area contributed by atoms with Crippen molar-refractivity contribution >= 4 is 28.6 Å². The van der Waals surface area contributed by atoms with E-state index in [1.807, 2.05) is 41.3 Å². The second kappa shape index (κ2) is 7.97. The summed E-state index contributed by atoms with van der Waals surface area (Å²) < 4.78 is 15.5. The topological polar surface area (TPSA) is 65.9 Å². The van der Waals surface area contributed by atoms with Gasteiger partial charge < -0.3 is 4.90 Å². The van der Waals surface area contributed by atoms with E-state index in [9.17, 15) is 9.59 Å². The molecule has 3 aliphatic rings. The number of pyridine rings is 1. The first-order valence-electron chi connectivity index (χ1n) is 12.2. The van der Waals surface area contributed by atoms with Gasteiger partial charge in [0.15, 0.2) is 0 Å². The fourth-order valence-corrected chi connectivity index (χ4v) is 5.01. The van der Waals surface area contributed by atoms with Crippen LogP contribution in [-0.2, 0) is 9.59 Å². The number of hydrogen-bond acceptors (Lipinski definition) is 4. The van der Waals surface area contributed by atoms with Crippen molar-refractivity contribution in [2.45, 2.75) is 32.2 Å². The van der Waals surface area contributed by atoms with Crippen molar-refractivity contribution in [2.24, 2.45) is 16.8 Å². The number of aliphatic imine (C=N–C) groups is 1. The molecule has 0 radical (unpaired) electrons. The molecule has 6 nitrogen and oxygen atoms in total. The molecule has 3 heterocycles. The third kappa shape index (κ3) is 3.89. The highest BCUT2D eigenvalue weighted by Crippen LogP contribution is 2.35. The van der Waals surface area contributed by atoms with E-state index >= 15 is 4.39 Å². The second-order valence-electron chi connectivity index (χ2n) is 10.4. The highest BCUT2D eigenvalue weighted by molar-refractivity contribution is 6.15. The summed E-state index contributed by atoms with van der Waals surface area (Å²) >= 11 is 0. The normalized spacial score (nSPS) is 19.7. The molecule has 2 aliphatic heterocycles. The van der Waals surface area contributed by atoms with Crippen molar-refractivity contribution in [3.63, 3.8) is 0 Å². The number of rotatable bonds is 5. The van der Waals surface area contributed by atoms with Crippen LogP contribution in [0.1, 0.15) is 32.3 Å². The summed E-state index contributed by atoms with van der Waals surface area (Å²) in [7, 11) is 0. The molecule has 2 fully saturated rings. The van der Waals surface area contributed by atoms with E-state index < -0.39 is 11.4 Å². The fraction of sp³-hybridized carbons (Fsp3) is 0.357. The Morgan fingerprint density at radius 1 is 1.09 bits per heavy atom. The van der Waals surface area contributed by atoms with E-state index in [4.69, 9.17) is 0 Å². The molecule has 0 unspecified atom stereocenters. The molecular weight excluding hydrogens is 443 g/mol. The molecule has 7 heteroatoms. The van der Waals surface area contributed by atoms with Gasteiger partial charge in [-0.2, -0.15) is 0 Å². The van der Waals surface area contributed by atoms with Crippen LogP contribution in [0.15, 0.2) is 59.7 Å². The Kier molecular flexibility index (Phi) is 4.99. The van der Waals surface area contributed by atoms with Crippen LogP contribution < -0.4 is 0 Å². The van der Waals surface area contributed by atoms with Gasteiger partial charge in [-0.15, -0.1) is 0 Å². The monoisotopic (exact) mass is 470 g/mol. The lowest BCUT2D eigenvalue weighted by Crippen LogP contribution is -2.55. The molecule has 35 heavy (non-hydrogen) atoms. The van der Waals surface area contributed by atoms with Crippen LogP contribution in [0.5, 0.6) is 0 Å². The van der Waals surface area contributed by atoms with Crippen LogP contribution in [0.3, 0.4) is 0 Å². The number of amides is 2. The highest BCUT2D eigenvalue weighted by Gasteiger charge is 2.45. The molecule has 0 N–H and O–H groups in total. The first kappa shape index (κ1) is 21.9. The predicted molar refractivity (Wildman–Crippen MR) is 132 cm³/mol. The molecule has 1 aromatic heterocycles. The van der Waals surface area contributed by atoms with Crippen molar-refractivity contribution in [1.82, 2.24) is 14.8 Å². The van der Waals surface area contributed by atoms with Gasteiger partial charge in [0.25, 0.3) is 5.91 Å². The molecule has 0 bridgehead atoms. The van der Waals surface area contributed by atoms with Gasteiger partial charge in [-0.3, -0.25) is 24.5 Å². The van der Waals surface area contributed by atoms with E-state index in [0.29, 0.717) is 31.0 Å². The van der Waals surface area contributed by atoms with Gasteiger partial charge in [0.05, 0.1) is 11.1 Å². The maximum Gasteiger partial charge on any atom is 0.255 e. The Labute approximate surface area is 203 Å². The number of hydrogen-bond donors (Lipinski definition) is 0. The second-order valence-corrected chi connectivity index (χ2v) is 10.4. The number of likely N-dealkylation sites (tertiary alicyclic amines) is 1. The Balaban J connectivity index is 1.25. The van der Waals surface area contributed by atoms with Gasteiger partial charge in [-0.25, -0.2) is 4.39 Å². The minimum Gasteiger partial charge on any atom is -0.342 e. The van der Waals surface area contributed by atoms with Gasteiger partial charge in [0.1, 0.15) is 17.2 Å². The Morgan fingerprint density at radius 3 is 2.57 bits per heavy atom. The van der Waals surface area contributed by atoms with Crippen LogP contribution in [-0.4, -0.2) is 57.6 Å². The summed E-state index contributed by atoms with van der Waals surface area (Å²) in [5, 5.41) is 1.03. The zero-order chi connectivity index (χ0) is 24.3. The summed E-state index contributed by atoms with van der Waals surface area (Å²) in [5.74, 6) is 0.421. The van der Waals surface area contributed by atoms with E-state index in [1.165, 1.54) is 6.07 Å². The smallest absolute Gasteiger partial charge is 0.255 e. The number of fused-ring (bicyclic) bond motifs is 1. The lowest BCUT2D eigenvalue weighted by Gasteiger charge is -2.41. The molecule has 0 atom stereocenters. The zero-order valence-corrected chi connectivity index (χ0v) is 19.9. The molecule has 1 saturated carbocycles. The van der Waals surface area contributed by atoms with Crippen molar-refractivity contribution in [2.75, 3.05) is 19.6 Å². The standard InChI is InChI=1S/C28H27FN4O2/c1-28(2)27(35)33(16-17-14-32(15-17)26(34)19-6-7-19)25(31-28)22-10-9-20(12-23(22)29)21-8-5-18-4-3-11-30-24(18)13-21/h3-5,8-13,17,19H,6-7,14-16H2,1-2H3. The predicted octanol–water partition coefficient (Wildman–Crippen LogP) is 4.28. The summed E-state index contributed by atoms with van der Waals surface area (Å²) in [6.45, 7) is 5.24.